The molecule has 1 amide bonds. The minimum atomic E-state index is -0.727. The van der Waals surface area contributed by atoms with E-state index in [0.717, 1.165) is 0 Å². The Kier molecular flexibility index (Phi) is 5.10. The predicted octanol–water partition coefficient (Wildman–Crippen LogP) is 3.90. The number of hydrogen-bond acceptors (Lipinski definition) is 6. The van der Waals surface area contributed by atoms with Gasteiger partial charge in [-0.15, -0.1) is 0 Å². The molecule has 3 heterocycles. The van der Waals surface area contributed by atoms with Gasteiger partial charge >= 0.3 is 0 Å². The first-order valence-electron chi connectivity index (χ1n) is 9.09. The number of amides is 1. The molecule has 0 aliphatic heterocycles. The molecular weight excluding hydrogens is 358 g/mol. The van der Waals surface area contributed by atoms with Gasteiger partial charge in [0.05, 0.1) is 23.8 Å². The average molecular weight is 381 g/mol. The lowest BCUT2D eigenvalue weighted by Crippen LogP contribution is -2.14. The van der Waals surface area contributed by atoms with Crippen LogP contribution in [0.25, 0.3) is 5.65 Å². The number of nitrogens with zero attached hydrogens (tertiary/aromatic N) is 4. The molecule has 3 aromatic rings. The van der Waals surface area contributed by atoms with Crippen LogP contribution in [0.1, 0.15) is 62.6 Å². The lowest BCUT2D eigenvalue weighted by molar-refractivity contribution is 0.102. The average Bonchev–Trinajstić information content (AvgIpc) is 3.29. The van der Waals surface area contributed by atoms with Gasteiger partial charge in [-0.3, -0.25) is 4.79 Å². The first kappa shape index (κ1) is 19.4. The summed E-state index contributed by atoms with van der Waals surface area (Å²) in [4.78, 5) is 21.3. The van der Waals surface area contributed by atoms with Crippen LogP contribution in [0.2, 0.25) is 0 Å². The lowest BCUT2D eigenvalue weighted by Gasteiger charge is -2.11. The SMILES string of the molecule is CCOc1cc2nc(C(C)(C)C#N)cn2cc1NC(=O)c1coc(C(C)C)n1. The second-order valence-electron chi connectivity index (χ2n) is 7.29. The van der Waals surface area contributed by atoms with Gasteiger partial charge < -0.3 is 18.9 Å². The molecule has 0 aliphatic carbocycles. The summed E-state index contributed by atoms with van der Waals surface area (Å²) in [5.41, 5.74) is 1.22. The van der Waals surface area contributed by atoms with Crippen LogP contribution in [-0.2, 0) is 5.41 Å². The second-order valence-corrected chi connectivity index (χ2v) is 7.29. The maximum atomic E-state index is 12.6. The zero-order chi connectivity index (χ0) is 20.5. The van der Waals surface area contributed by atoms with Crippen molar-refractivity contribution in [1.29, 1.82) is 5.26 Å². The Balaban J connectivity index is 1.97. The number of nitriles is 1. The maximum Gasteiger partial charge on any atom is 0.277 e. The Hall–Kier alpha value is -3.34. The molecule has 0 spiro atoms. The summed E-state index contributed by atoms with van der Waals surface area (Å²) in [5.74, 6) is 0.685. The van der Waals surface area contributed by atoms with Gasteiger partial charge in [-0.1, -0.05) is 13.8 Å². The molecule has 3 aromatic heterocycles. The van der Waals surface area contributed by atoms with E-state index in [4.69, 9.17) is 9.15 Å². The molecule has 1 N–H and O–H groups in total. The van der Waals surface area contributed by atoms with Crippen molar-refractivity contribution in [2.45, 2.75) is 46.0 Å². The molecule has 0 radical (unpaired) electrons. The molecule has 146 valence electrons. The van der Waals surface area contributed by atoms with Crippen molar-refractivity contribution in [3.63, 3.8) is 0 Å². The van der Waals surface area contributed by atoms with E-state index < -0.39 is 11.3 Å². The third-order valence-electron chi connectivity index (χ3n) is 4.27. The van der Waals surface area contributed by atoms with Crippen molar-refractivity contribution < 1.29 is 13.9 Å². The first-order valence-corrected chi connectivity index (χ1v) is 9.09. The van der Waals surface area contributed by atoms with Crippen molar-refractivity contribution in [3.05, 3.63) is 42.0 Å². The van der Waals surface area contributed by atoms with Crippen molar-refractivity contribution in [1.82, 2.24) is 14.4 Å². The topological polar surface area (TPSA) is 105 Å². The molecule has 8 nitrogen and oxygen atoms in total. The number of carbonyl (C=O) groups is 1. The Morgan fingerprint density at radius 3 is 2.75 bits per heavy atom. The van der Waals surface area contributed by atoms with Crippen LogP contribution in [0.3, 0.4) is 0 Å². The van der Waals surface area contributed by atoms with Gasteiger partial charge in [-0.05, 0) is 20.8 Å². The van der Waals surface area contributed by atoms with E-state index in [2.05, 4.69) is 21.4 Å². The summed E-state index contributed by atoms with van der Waals surface area (Å²) in [6.45, 7) is 9.77. The van der Waals surface area contributed by atoms with E-state index >= 15 is 0 Å². The molecule has 3 rings (SSSR count). The van der Waals surface area contributed by atoms with Crippen LogP contribution in [0.15, 0.2) is 29.1 Å². The maximum absolute atomic E-state index is 12.6. The first-order chi connectivity index (χ1) is 13.2. The van der Waals surface area contributed by atoms with Crippen LogP contribution >= 0.6 is 0 Å². The summed E-state index contributed by atoms with van der Waals surface area (Å²) < 4.78 is 12.8. The smallest absolute Gasteiger partial charge is 0.277 e. The minimum absolute atomic E-state index is 0.0877. The number of rotatable bonds is 6. The van der Waals surface area contributed by atoms with Gasteiger partial charge in [-0.2, -0.15) is 5.26 Å². The van der Waals surface area contributed by atoms with E-state index in [0.29, 0.717) is 35.3 Å². The Bertz CT molecular complexity index is 1060. The van der Waals surface area contributed by atoms with Crippen molar-refractivity contribution in [2.24, 2.45) is 0 Å². The Morgan fingerprint density at radius 2 is 2.14 bits per heavy atom. The molecule has 0 aliphatic rings. The number of oxazole rings is 1. The van der Waals surface area contributed by atoms with Gasteiger partial charge in [0, 0.05) is 24.4 Å². The predicted molar refractivity (Wildman–Crippen MR) is 104 cm³/mol. The highest BCUT2D eigenvalue weighted by atomic mass is 16.5. The molecule has 0 bridgehead atoms. The van der Waals surface area contributed by atoms with Gasteiger partial charge in [0.25, 0.3) is 5.91 Å². The largest absolute Gasteiger partial charge is 0.491 e. The van der Waals surface area contributed by atoms with E-state index in [1.807, 2.05) is 20.8 Å². The van der Waals surface area contributed by atoms with E-state index in [9.17, 15) is 10.1 Å². The summed E-state index contributed by atoms with van der Waals surface area (Å²) in [7, 11) is 0. The monoisotopic (exact) mass is 381 g/mol. The number of ether oxygens (including phenoxy) is 1. The number of carbonyl (C=O) groups excluding carboxylic acids is 1. The number of pyridine rings is 1. The van der Waals surface area contributed by atoms with E-state index in [-0.39, 0.29) is 11.6 Å². The third-order valence-corrected chi connectivity index (χ3v) is 4.27. The molecule has 0 saturated carbocycles. The molecule has 0 unspecified atom stereocenters. The summed E-state index contributed by atoms with van der Waals surface area (Å²) in [6, 6.07) is 3.98. The van der Waals surface area contributed by atoms with Gasteiger partial charge in [-0.25, -0.2) is 9.97 Å². The highest BCUT2D eigenvalue weighted by Gasteiger charge is 2.24. The van der Waals surface area contributed by atoms with Gasteiger partial charge in [0.15, 0.2) is 11.6 Å². The highest BCUT2D eigenvalue weighted by Crippen LogP contribution is 2.29. The van der Waals surface area contributed by atoms with Gasteiger partial charge in [0.1, 0.15) is 23.3 Å². The van der Waals surface area contributed by atoms with Gasteiger partial charge in [0.2, 0.25) is 0 Å². The van der Waals surface area contributed by atoms with Crippen LogP contribution in [0.4, 0.5) is 5.69 Å². The fourth-order valence-corrected chi connectivity index (χ4v) is 2.59. The fraction of sp³-hybridized carbons (Fsp3) is 0.400. The van der Waals surface area contributed by atoms with E-state index in [1.54, 1.807) is 36.7 Å². The standard InChI is InChI=1S/C20H23N5O3/c1-6-27-15-7-17-24-16(20(4,5)11-21)9-25(17)8-13(15)22-18(26)14-10-28-19(23-14)12(2)3/h7-10,12H,6H2,1-5H3,(H,22,26). The Labute approximate surface area is 163 Å². The summed E-state index contributed by atoms with van der Waals surface area (Å²) in [5, 5.41) is 12.2. The quantitative estimate of drug-likeness (QED) is 0.694. The Morgan fingerprint density at radius 1 is 1.39 bits per heavy atom. The molecule has 28 heavy (non-hydrogen) atoms. The molecule has 0 aromatic carbocycles. The highest BCUT2D eigenvalue weighted by molar-refractivity contribution is 6.03. The number of fused-ring (bicyclic) bond motifs is 1. The molecule has 0 atom stereocenters. The number of imidazole rings is 1. The van der Waals surface area contributed by atoms with Crippen LogP contribution in [0, 0.1) is 11.3 Å². The van der Waals surface area contributed by atoms with Crippen LogP contribution in [-0.4, -0.2) is 26.9 Å². The summed E-state index contributed by atoms with van der Waals surface area (Å²) in [6.07, 6.45) is 4.83. The second kappa shape index (κ2) is 7.35. The minimum Gasteiger partial charge on any atom is -0.491 e. The number of hydrogen-bond donors (Lipinski definition) is 1. The zero-order valence-corrected chi connectivity index (χ0v) is 16.6. The van der Waals surface area contributed by atoms with Crippen molar-refractivity contribution in [3.8, 4) is 11.8 Å². The third kappa shape index (κ3) is 3.69. The van der Waals surface area contributed by atoms with E-state index in [1.165, 1.54) is 6.26 Å². The number of nitrogens with one attached hydrogen (secondary N) is 1. The number of aromatic nitrogens is 3. The normalized spacial score (nSPS) is 11.6. The zero-order valence-electron chi connectivity index (χ0n) is 16.6. The van der Waals surface area contributed by atoms with Crippen LogP contribution < -0.4 is 10.1 Å². The molecule has 0 saturated heterocycles. The number of anilines is 1. The molecular formula is C20H23N5O3. The molecule has 0 fully saturated rings. The molecule has 8 heteroatoms. The fourth-order valence-electron chi connectivity index (χ4n) is 2.59. The van der Waals surface area contributed by atoms with Crippen molar-refractivity contribution >= 4 is 17.2 Å². The lowest BCUT2D eigenvalue weighted by atomic mass is 9.92. The van der Waals surface area contributed by atoms with Crippen LogP contribution in [0.5, 0.6) is 5.75 Å². The van der Waals surface area contributed by atoms with Crippen molar-refractivity contribution in [2.75, 3.05) is 11.9 Å². The summed E-state index contributed by atoms with van der Waals surface area (Å²) >= 11 is 0.